The number of nitrogens with zero attached hydrogens (tertiary/aromatic N) is 4. The fourth-order valence-electron chi connectivity index (χ4n) is 3.72. The summed E-state index contributed by atoms with van der Waals surface area (Å²) in [6.45, 7) is 4.08. The normalized spacial score (nSPS) is 14.9. The SMILES string of the molecule is O=[N+]([O-])c1ccc(/C=C/c2nc(NCCN3CCCCC3)c3cc(Cl)ccc3n2)cc1. The standard InChI is InChI=1S/C23H24ClN5O2/c24-18-7-10-21-20(16-18)23(25-12-15-28-13-2-1-3-14-28)27-22(26-21)11-6-17-4-8-19(9-5-17)29(30)31/h4-11,16H,1-3,12-15H2,(H,25,26,27)/b11-6+. The van der Waals surface area contributed by atoms with Crippen molar-refractivity contribution in [3.8, 4) is 0 Å². The summed E-state index contributed by atoms with van der Waals surface area (Å²) in [5.74, 6) is 1.32. The summed E-state index contributed by atoms with van der Waals surface area (Å²) in [6.07, 6.45) is 7.51. The number of likely N-dealkylation sites (tertiary alicyclic amines) is 1. The average Bonchev–Trinajstić information content (AvgIpc) is 2.79. The van der Waals surface area contributed by atoms with E-state index < -0.39 is 4.92 Å². The van der Waals surface area contributed by atoms with E-state index in [1.807, 2.05) is 30.4 Å². The molecule has 1 saturated heterocycles. The Morgan fingerprint density at radius 2 is 1.84 bits per heavy atom. The minimum atomic E-state index is -0.410. The number of non-ortho nitro benzene ring substituents is 1. The predicted molar refractivity (Wildman–Crippen MR) is 125 cm³/mol. The van der Waals surface area contributed by atoms with Gasteiger partial charge in [0.1, 0.15) is 5.82 Å². The van der Waals surface area contributed by atoms with Crippen LogP contribution in [0.25, 0.3) is 23.1 Å². The van der Waals surface area contributed by atoms with E-state index in [1.165, 1.54) is 31.4 Å². The topological polar surface area (TPSA) is 84.2 Å². The third-order valence-corrected chi connectivity index (χ3v) is 5.61. The van der Waals surface area contributed by atoms with Gasteiger partial charge in [-0.3, -0.25) is 10.1 Å². The number of benzene rings is 2. The maximum atomic E-state index is 10.8. The molecule has 1 fully saturated rings. The summed E-state index contributed by atoms with van der Waals surface area (Å²) in [5, 5.41) is 15.8. The molecule has 2 aromatic carbocycles. The lowest BCUT2D eigenvalue weighted by Gasteiger charge is -2.26. The van der Waals surface area contributed by atoms with Gasteiger partial charge in [-0.15, -0.1) is 0 Å². The van der Waals surface area contributed by atoms with Crippen molar-refractivity contribution >= 4 is 46.2 Å². The van der Waals surface area contributed by atoms with Crippen LogP contribution >= 0.6 is 11.6 Å². The molecule has 1 aliphatic rings. The molecule has 1 N–H and O–H groups in total. The number of rotatable bonds is 7. The molecule has 2 heterocycles. The molecule has 7 nitrogen and oxygen atoms in total. The van der Waals surface area contributed by atoms with Crippen LogP contribution in [0.5, 0.6) is 0 Å². The Labute approximate surface area is 185 Å². The number of nitro benzene ring substituents is 1. The van der Waals surface area contributed by atoms with E-state index in [-0.39, 0.29) is 5.69 Å². The van der Waals surface area contributed by atoms with Crippen LogP contribution in [0.2, 0.25) is 5.02 Å². The maximum absolute atomic E-state index is 10.8. The number of aromatic nitrogens is 2. The summed E-state index contributed by atoms with van der Waals surface area (Å²) < 4.78 is 0. The van der Waals surface area contributed by atoms with Crippen molar-refractivity contribution in [1.82, 2.24) is 14.9 Å². The second-order valence-electron chi connectivity index (χ2n) is 7.60. The lowest BCUT2D eigenvalue weighted by Crippen LogP contribution is -2.33. The molecule has 4 rings (SSSR count). The van der Waals surface area contributed by atoms with Gasteiger partial charge in [0.15, 0.2) is 5.82 Å². The lowest BCUT2D eigenvalue weighted by atomic mass is 10.1. The molecule has 3 aromatic rings. The summed E-state index contributed by atoms with van der Waals surface area (Å²) >= 11 is 6.21. The van der Waals surface area contributed by atoms with Crippen molar-refractivity contribution in [2.45, 2.75) is 19.3 Å². The van der Waals surface area contributed by atoms with Crippen LogP contribution < -0.4 is 5.32 Å². The second-order valence-corrected chi connectivity index (χ2v) is 8.04. The van der Waals surface area contributed by atoms with Crippen LogP contribution in [0, 0.1) is 10.1 Å². The van der Waals surface area contributed by atoms with Crippen LogP contribution in [-0.4, -0.2) is 46.0 Å². The Bertz CT molecular complexity index is 1100. The van der Waals surface area contributed by atoms with Crippen molar-refractivity contribution < 1.29 is 4.92 Å². The van der Waals surface area contributed by atoms with Crippen LogP contribution in [0.15, 0.2) is 42.5 Å². The third-order valence-electron chi connectivity index (χ3n) is 5.37. The van der Waals surface area contributed by atoms with Crippen molar-refractivity contribution in [3.05, 3.63) is 69.0 Å². The molecule has 0 spiro atoms. The van der Waals surface area contributed by atoms with Crippen LogP contribution in [-0.2, 0) is 0 Å². The van der Waals surface area contributed by atoms with Gasteiger partial charge in [0.2, 0.25) is 0 Å². The molecule has 0 saturated carbocycles. The molecule has 1 aromatic heterocycles. The molecule has 31 heavy (non-hydrogen) atoms. The summed E-state index contributed by atoms with van der Waals surface area (Å²) in [5.41, 5.74) is 1.71. The first-order valence-electron chi connectivity index (χ1n) is 10.4. The number of hydrogen-bond acceptors (Lipinski definition) is 6. The van der Waals surface area contributed by atoms with Crippen LogP contribution in [0.4, 0.5) is 11.5 Å². The van der Waals surface area contributed by atoms with Gasteiger partial charge in [0, 0.05) is 35.6 Å². The number of halogens is 1. The van der Waals surface area contributed by atoms with Crippen molar-refractivity contribution in [2.24, 2.45) is 0 Å². The fraction of sp³-hybridized carbons (Fsp3) is 0.304. The molecule has 0 aliphatic carbocycles. The van der Waals surface area contributed by atoms with Gasteiger partial charge in [-0.05, 0) is 67.9 Å². The summed E-state index contributed by atoms with van der Waals surface area (Å²) in [4.78, 5) is 22.2. The zero-order chi connectivity index (χ0) is 21.6. The largest absolute Gasteiger partial charge is 0.368 e. The highest BCUT2D eigenvalue weighted by Gasteiger charge is 2.11. The van der Waals surface area contributed by atoms with E-state index >= 15 is 0 Å². The van der Waals surface area contributed by atoms with Gasteiger partial charge in [-0.25, -0.2) is 9.97 Å². The van der Waals surface area contributed by atoms with Gasteiger partial charge in [0.05, 0.1) is 10.4 Å². The summed E-state index contributed by atoms with van der Waals surface area (Å²) in [6, 6.07) is 12.0. The number of nitro groups is 1. The third kappa shape index (κ3) is 5.57. The Morgan fingerprint density at radius 3 is 2.58 bits per heavy atom. The van der Waals surface area contributed by atoms with Crippen LogP contribution in [0.1, 0.15) is 30.7 Å². The molecule has 0 bridgehead atoms. The Morgan fingerprint density at radius 1 is 1.06 bits per heavy atom. The first-order valence-corrected chi connectivity index (χ1v) is 10.8. The van der Waals surface area contributed by atoms with Crippen molar-refractivity contribution in [1.29, 1.82) is 0 Å². The smallest absolute Gasteiger partial charge is 0.269 e. The molecular weight excluding hydrogens is 414 g/mol. The molecule has 0 unspecified atom stereocenters. The van der Waals surface area contributed by atoms with Gasteiger partial charge in [-0.2, -0.15) is 0 Å². The van der Waals surface area contributed by atoms with E-state index in [4.69, 9.17) is 16.6 Å². The highest BCUT2D eigenvalue weighted by molar-refractivity contribution is 6.31. The molecule has 1 aliphatic heterocycles. The Balaban J connectivity index is 1.54. The number of fused-ring (bicyclic) bond motifs is 1. The van der Waals surface area contributed by atoms with E-state index in [1.54, 1.807) is 12.1 Å². The Kier molecular flexibility index (Phi) is 6.74. The molecule has 0 radical (unpaired) electrons. The minimum Gasteiger partial charge on any atom is -0.368 e. The first-order chi connectivity index (χ1) is 15.1. The Hall–Kier alpha value is -3.03. The molecule has 160 valence electrons. The van der Waals surface area contributed by atoms with E-state index in [0.717, 1.165) is 48.5 Å². The molecule has 0 amide bonds. The van der Waals surface area contributed by atoms with Crippen molar-refractivity contribution in [2.75, 3.05) is 31.5 Å². The number of anilines is 1. The zero-order valence-electron chi connectivity index (χ0n) is 17.1. The van der Waals surface area contributed by atoms with E-state index in [2.05, 4.69) is 15.2 Å². The maximum Gasteiger partial charge on any atom is 0.269 e. The van der Waals surface area contributed by atoms with E-state index in [0.29, 0.717) is 10.8 Å². The first kappa shape index (κ1) is 21.2. The van der Waals surface area contributed by atoms with Crippen LogP contribution in [0.3, 0.4) is 0 Å². The monoisotopic (exact) mass is 437 g/mol. The average molecular weight is 438 g/mol. The molecule has 0 atom stereocenters. The minimum absolute atomic E-state index is 0.0659. The van der Waals surface area contributed by atoms with Gasteiger partial charge in [0.25, 0.3) is 5.69 Å². The highest BCUT2D eigenvalue weighted by atomic mass is 35.5. The van der Waals surface area contributed by atoms with Crippen molar-refractivity contribution in [3.63, 3.8) is 0 Å². The number of piperidine rings is 1. The van der Waals surface area contributed by atoms with Gasteiger partial charge >= 0.3 is 0 Å². The van der Waals surface area contributed by atoms with Gasteiger partial charge < -0.3 is 10.2 Å². The molecule has 8 heteroatoms. The molecular formula is C23H24ClN5O2. The zero-order valence-corrected chi connectivity index (χ0v) is 17.9. The lowest BCUT2D eigenvalue weighted by molar-refractivity contribution is -0.384. The second kappa shape index (κ2) is 9.85. The van der Waals surface area contributed by atoms with Gasteiger partial charge in [-0.1, -0.05) is 24.1 Å². The number of hydrogen-bond donors (Lipinski definition) is 1. The number of nitrogens with one attached hydrogen (secondary N) is 1. The predicted octanol–water partition coefficient (Wildman–Crippen LogP) is 5.26. The quantitative estimate of drug-likeness (QED) is 0.401. The highest BCUT2D eigenvalue weighted by Crippen LogP contribution is 2.25. The van der Waals surface area contributed by atoms with E-state index in [9.17, 15) is 10.1 Å². The summed E-state index contributed by atoms with van der Waals surface area (Å²) in [7, 11) is 0. The fourth-order valence-corrected chi connectivity index (χ4v) is 3.89.